The second kappa shape index (κ2) is 5.74. The van der Waals surface area contributed by atoms with E-state index >= 15 is 0 Å². The quantitative estimate of drug-likeness (QED) is 0.827. The van der Waals surface area contributed by atoms with Crippen molar-refractivity contribution in [3.05, 3.63) is 22.6 Å². The van der Waals surface area contributed by atoms with Crippen LogP contribution >= 0.6 is 0 Å². The van der Waals surface area contributed by atoms with Crippen molar-refractivity contribution in [2.24, 2.45) is 0 Å². The van der Waals surface area contributed by atoms with Crippen LogP contribution < -0.4 is 10.5 Å². The van der Waals surface area contributed by atoms with Gasteiger partial charge in [-0.15, -0.1) is 0 Å². The summed E-state index contributed by atoms with van der Waals surface area (Å²) in [6.45, 7) is 3.47. The third kappa shape index (κ3) is 2.97. The molecule has 0 aliphatic carbocycles. The van der Waals surface area contributed by atoms with Gasteiger partial charge in [0.1, 0.15) is 0 Å². The molecule has 0 bridgehead atoms. The van der Waals surface area contributed by atoms with Crippen molar-refractivity contribution in [2.45, 2.75) is 44.8 Å². The van der Waals surface area contributed by atoms with Gasteiger partial charge in [-0.3, -0.25) is 4.79 Å². The first-order valence-corrected chi connectivity index (χ1v) is 7.27. The van der Waals surface area contributed by atoms with E-state index in [1.54, 1.807) is 6.07 Å². The van der Waals surface area contributed by atoms with E-state index in [1.165, 1.54) is 23.9 Å². The molecule has 1 atom stereocenters. The Morgan fingerprint density at radius 2 is 2.11 bits per heavy atom. The fourth-order valence-corrected chi connectivity index (χ4v) is 2.87. The summed E-state index contributed by atoms with van der Waals surface area (Å²) in [6.07, 6.45) is 7.80. The van der Waals surface area contributed by atoms with Gasteiger partial charge in [0.25, 0.3) is 5.56 Å². The molecule has 2 aliphatic heterocycles. The number of aromatic nitrogens is 2. The molecule has 104 valence electrons. The van der Waals surface area contributed by atoms with Gasteiger partial charge in [-0.2, -0.15) is 5.10 Å². The minimum atomic E-state index is -0.0152. The molecule has 2 saturated heterocycles. The number of ether oxygens (including phenoxy) is 1. The molecule has 2 fully saturated rings. The highest BCUT2D eigenvalue weighted by Gasteiger charge is 2.18. The van der Waals surface area contributed by atoms with Crippen molar-refractivity contribution in [1.82, 2.24) is 9.78 Å². The van der Waals surface area contributed by atoms with Crippen LogP contribution in [0.25, 0.3) is 0 Å². The van der Waals surface area contributed by atoms with Gasteiger partial charge in [0, 0.05) is 25.8 Å². The molecule has 0 amide bonds. The summed E-state index contributed by atoms with van der Waals surface area (Å²) < 4.78 is 7.08. The highest BCUT2D eigenvalue weighted by atomic mass is 16.5. The number of nitrogens with zero attached hydrogens (tertiary/aromatic N) is 3. The zero-order valence-corrected chi connectivity index (χ0v) is 11.3. The minimum Gasteiger partial charge on any atom is -0.376 e. The van der Waals surface area contributed by atoms with Gasteiger partial charge in [-0.25, -0.2) is 4.68 Å². The molecule has 0 saturated carbocycles. The van der Waals surface area contributed by atoms with E-state index in [4.69, 9.17) is 4.74 Å². The smallest absolute Gasteiger partial charge is 0.268 e. The molecule has 3 rings (SSSR count). The highest BCUT2D eigenvalue weighted by molar-refractivity contribution is 5.43. The lowest BCUT2D eigenvalue weighted by Gasteiger charge is -2.28. The molecule has 0 aromatic carbocycles. The Kier molecular flexibility index (Phi) is 3.82. The Hall–Kier alpha value is -1.36. The highest BCUT2D eigenvalue weighted by Crippen LogP contribution is 2.17. The number of hydrogen-bond acceptors (Lipinski definition) is 4. The maximum absolute atomic E-state index is 12.1. The standard InChI is InChI=1S/C14H21N3O2/c18-14-9-12(16-6-2-1-3-7-16)10-15-17(14)11-13-5-4-8-19-13/h9-10,13H,1-8,11H2/t13-/m1/s1. The van der Waals surface area contributed by atoms with Crippen molar-refractivity contribution >= 4 is 5.69 Å². The lowest BCUT2D eigenvalue weighted by Crippen LogP contribution is -2.33. The number of anilines is 1. The van der Waals surface area contributed by atoms with Crippen LogP contribution in [-0.2, 0) is 11.3 Å². The molecule has 1 aromatic rings. The van der Waals surface area contributed by atoms with E-state index in [0.717, 1.165) is 38.2 Å². The molecule has 2 aliphatic rings. The number of hydrogen-bond donors (Lipinski definition) is 0. The zero-order chi connectivity index (χ0) is 13.1. The minimum absolute atomic E-state index is 0.0152. The summed E-state index contributed by atoms with van der Waals surface area (Å²) in [5, 5.41) is 4.30. The van der Waals surface area contributed by atoms with E-state index in [1.807, 2.05) is 6.20 Å². The second-order valence-electron chi connectivity index (χ2n) is 5.42. The van der Waals surface area contributed by atoms with Crippen LogP contribution in [0.3, 0.4) is 0 Å². The van der Waals surface area contributed by atoms with Crippen molar-refractivity contribution in [1.29, 1.82) is 0 Å². The largest absolute Gasteiger partial charge is 0.376 e. The van der Waals surface area contributed by atoms with Crippen molar-refractivity contribution < 1.29 is 4.74 Å². The first-order chi connectivity index (χ1) is 9.33. The van der Waals surface area contributed by atoms with Crippen molar-refractivity contribution in [3.63, 3.8) is 0 Å². The maximum atomic E-state index is 12.1. The van der Waals surface area contributed by atoms with E-state index < -0.39 is 0 Å². The predicted octanol–water partition coefficient (Wildman–Crippen LogP) is 1.41. The van der Waals surface area contributed by atoms with Gasteiger partial charge in [0.15, 0.2) is 0 Å². The third-order valence-electron chi connectivity index (χ3n) is 3.98. The summed E-state index contributed by atoms with van der Waals surface area (Å²) in [4.78, 5) is 14.3. The Labute approximate surface area is 113 Å². The van der Waals surface area contributed by atoms with Gasteiger partial charge < -0.3 is 9.64 Å². The Morgan fingerprint density at radius 3 is 2.79 bits per heavy atom. The first-order valence-electron chi connectivity index (χ1n) is 7.27. The molecule has 0 unspecified atom stereocenters. The Morgan fingerprint density at radius 1 is 1.26 bits per heavy atom. The molecule has 0 radical (unpaired) electrons. The molecule has 1 aromatic heterocycles. The van der Waals surface area contributed by atoms with E-state index in [2.05, 4.69) is 10.00 Å². The normalized spacial score (nSPS) is 23.8. The monoisotopic (exact) mass is 263 g/mol. The van der Waals surface area contributed by atoms with Gasteiger partial charge >= 0.3 is 0 Å². The molecular formula is C14H21N3O2. The molecular weight excluding hydrogens is 242 g/mol. The molecule has 0 N–H and O–H groups in total. The molecule has 5 heteroatoms. The van der Waals surface area contributed by atoms with E-state index in [0.29, 0.717) is 6.54 Å². The average Bonchev–Trinajstić information content (AvgIpc) is 2.95. The molecule has 3 heterocycles. The van der Waals surface area contributed by atoms with Crippen LogP contribution in [0.1, 0.15) is 32.1 Å². The van der Waals surface area contributed by atoms with Crippen LogP contribution in [0.4, 0.5) is 5.69 Å². The Bertz CT molecular complexity index is 474. The fourth-order valence-electron chi connectivity index (χ4n) is 2.87. The summed E-state index contributed by atoms with van der Waals surface area (Å²) in [5.41, 5.74) is 0.951. The van der Waals surface area contributed by atoms with Crippen molar-refractivity contribution in [2.75, 3.05) is 24.6 Å². The summed E-state index contributed by atoms with van der Waals surface area (Å²) in [7, 11) is 0. The van der Waals surface area contributed by atoms with Crippen LogP contribution in [0.2, 0.25) is 0 Å². The third-order valence-corrected chi connectivity index (χ3v) is 3.98. The van der Waals surface area contributed by atoms with Crippen LogP contribution in [0.5, 0.6) is 0 Å². The second-order valence-corrected chi connectivity index (χ2v) is 5.42. The van der Waals surface area contributed by atoms with E-state index in [9.17, 15) is 4.79 Å². The molecule has 19 heavy (non-hydrogen) atoms. The lowest BCUT2D eigenvalue weighted by atomic mass is 10.1. The molecule has 0 spiro atoms. The SMILES string of the molecule is O=c1cc(N2CCCCC2)cnn1C[C@H]1CCCO1. The lowest BCUT2D eigenvalue weighted by molar-refractivity contribution is 0.0927. The van der Waals surface area contributed by atoms with Crippen LogP contribution in [-0.4, -0.2) is 35.6 Å². The zero-order valence-electron chi connectivity index (χ0n) is 11.3. The van der Waals surface area contributed by atoms with E-state index in [-0.39, 0.29) is 11.7 Å². The fraction of sp³-hybridized carbons (Fsp3) is 0.714. The van der Waals surface area contributed by atoms with Gasteiger partial charge in [-0.1, -0.05) is 0 Å². The molecule has 5 nitrogen and oxygen atoms in total. The van der Waals surface area contributed by atoms with Gasteiger partial charge in [0.2, 0.25) is 0 Å². The summed E-state index contributed by atoms with van der Waals surface area (Å²) in [5.74, 6) is 0. The first kappa shape index (κ1) is 12.7. The number of rotatable bonds is 3. The van der Waals surface area contributed by atoms with Gasteiger partial charge in [0.05, 0.1) is 24.5 Å². The summed E-state index contributed by atoms with van der Waals surface area (Å²) >= 11 is 0. The van der Waals surface area contributed by atoms with Crippen LogP contribution in [0, 0.1) is 0 Å². The average molecular weight is 263 g/mol. The van der Waals surface area contributed by atoms with Crippen molar-refractivity contribution in [3.8, 4) is 0 Å². The Balaban J connectivity index is 1.71. The van der Waals surface area contributed by atoms with Gasteiger partial charge in [-0.05, 0) is 32.1 Å². The van der Waals surface area contributed by atoms with Crippen LogP contribution in [0.15, 0.2) is 17.1 Å². The predicted molar refractivity (Wildman–Crippen MR) is 73.5 cm³/mol. The summed E-state index contributed by atoms with van der Waals surface area (Å²) in [6, 6.07) is 1.72. The maximum Gasteiger partial charge on any atom is 0.268 e. The topological polar surface area (TPSA) is 47.4 Å². The number of piperidine rings is 1.